The Morgan fingerprint density at radius 1 is 1.06 bits per heavy atom. The van der Waals surface area contributed by atoms with Gasteiger partial charge >= 0.3 is 5.97 Å². The molecule has 2 aromatic rings. The molecule has 1 saturated heterocycles. The fraction of sp³-hybridized carbons (Fsp3) is 0.300. The minimum atomic E-state index is -3.69. The van der Waals surface area contributed by atoms with Crippen LogP contribution in [0.25, 0.3) is 0 Å². The fourth-order valence-electron chi connectivity index (χ4n) is 3.03. The van der Waals surface area contributed by atoms with Crippen molar-refractivity contribution in [2.24, 2.45) is 0 Å². The van der Waals surface area contributed by atoms with E-state index in [9.17, 15) is 22.4 Å². The molecule has 0 atom stereocenters. The number of ether oxygens (including phenoxy) is 2. The summed E-state index contributed by atoms with van der Waals surface area (Å²) >= 11 is 5.80. The second-order valence-corrected chi connectivity index (χ2v) is 9.04. The number of hydrogen-bond donors (Lipinski definition) is 0. The number of hydrogen-bond acceptors (Lipinski definition) is 6. The number of benzene rings is 2. The highest BCUT2D eigenvalue weighted by Gasteiger charge is 2.30. The Bertz CT molecular complexity index is 1070. The Kier molecular flexibility index (Phi) is 7.14. The van der Waals surface area contributed by atoms with Crippen LogP contribution in [0.5, 0.6) is 5.75 Å². The first kappa shape index (κ1) is 23.0. The van der Waals surface area contributed by atoms with E-state index in [0.29, 0.717) is 5.02 Å². The zero-order valence-electron chi connectivity index (χ0n) is 16.6. The highest BCUT2D eigenvalue weighted by Crippen LogP contribution is 2.20. The van der Waals surface area contributed by atoms with Crippen LogP contribution in [-0.2, 0) is 19.6 Å². The van der Waals surface area contributed by atoms with Crippen LogP contribution in [0.1, 0.15) is 10.4 Å². The van der Waals surface area contributed by atoms with Gasteiger partial charge in [0.1, 0.15) is 0 Å². The third-order valence-electron chi connectivity index (χ3n) is 4.76. The number of carbonyl (C=O) groups is 2. The van der Waals surface area contributed by atoms with Gasteiger partial charge in [-0.25, -0.2) is 17.6 Å². The third kappa shape index (κ3) is 5.33. The number of sulfonamides is 1. The summed E-state index contributed by atoms with van der Waals surface area (Å²) in [5, 5.41) is 0.432. The monoisotopic (exact) mass is 470 g/mol. The molecule has 2 aromatic carbocycles. The smallest absolute Gasteiger partial charge is 0.338 e. The van der Waals surface area contributed by atoms with Crippen molar-refractivity contribution in [2.75, 3.05) is 39.9 Å². The topological polar surface area (TPSA) is 93.2 Å². The molecule has 0 radical (unpaired) electrons. The van der Waals surface area contributed by atoms with E-state index >= 15 is 0 Å². The van der Waals surface area contributed by atoms with E-state index in [1.165, 1.54) is 52.7 Å². The van der Waals surface area contributed by atoms with Crippen LogP contribution < -0.4 is 4.74 Å². The van der Waals surface area contributed by atoms with E-state index in [1.54, 1.807) is 0 Å². The maximum Gasteiger partial charge on any atom is 0.338 e. The van der Waals surface area contributed by atoms with Crippen LogP contribution in [-0.4, -0.2) is 69.4 Å². The quantitative estimate of drug-likeness (QED) is 0.601. The second-order valence-electron chi connectivity index (χ2n) is 6.66. The van der Waals surface area contributed by atoms with Crippen LogP contribution in [0.4, 0.5) is 4.39 Å². The second kappa shape index (κ2) is 9.63. The lowest BCUT2D eigenvalue weighted by molar-refractivity contribution is -0.135. The number of amides is 1. The van der Waals surface area contributed by atoms with Gasteiger partial charge in [0.05, 0.1) is 17.6 Å². The minimum Gasteiger partial charge on any atom is -0.494 e. The summed E-state index contributed by atoms with van der Waals surface area (Å²) in [6.45, 7) is -0.0141. The maximum absolute atomic E-state index is 13.7. The molecule has 0 aliphatic carbocycles. The van der Waals surface area contributed by atoms with Crippen molar-refractivity contribution in [3.63, 3.8) is 0 Å². The van der Waals surface area contributed by atoms with Gasteiger partial charge in [-0.2, -0.15) is 4.31 Å². The molecule has 31 heavy (non-hydrogen) atoms. The zero-order valence-corrected chi connectivity index (χ0v) is 18.2. The SMILES string of the molecule is COc1ccc(C(=O)OCC(=O)N2CCN(S(=O)(=O)c3ccc(Cl)cc3)CC2)cc1F. The number of nitrogens with zero attached hydrogens (tertiary/aromatic N) is 2. The van der Waals surface area contributed by atoms with Gasteiger partial charge in [-0.3, -0.25) is 4.79 Å². The molecule has 0 unspecified atom stereocenters. The number of halogens is 2. The molecule has 8 nitrogen and oxygen atoms in total. The van der Waals surface area contributed by atoms with Gasteiger partial charge in [-0.1, -0.05) is 11.6 Å². The molecule has 166 valence electrons. The number of piperazine rings is 1. The van der Waals surface area contributed by atoms with Crippen molar-refractivity contribution in [1.82, 2.24) is 9.21 Å². The van der Waals surface area contributed by atoms with E-state index in [-0.39, 0.29) is 42.4 Å². The van der Waals surface area contributed by atoms with Crippen LogP contribution in [0.15, 0.2) is 47.4 Å². The van der Waals surface area contributed by atoms with Gasteiger partial charge in [0.25, 0.3) is 5.91 Å². The van der Waals surface area contributed by atoms with Crippen LogP contribution in [0.2, 0.25) is 5.02 Å². The molecule has 0 bridgehead atoms. The van der Waals surface area contributed by atoms with Crippen molar-refractivity contribution in [2.45, 2.75) is 4.90 Å². The van der Waals surface area contributed by atoms with Gasteiger partial charge in [0.15, 0.2) is 18.2 Å². The lowest BCUT2D eigenvalue weighted by Gasteiger charge is -2.33. The normalized spacial score (nSPS) is 14.9. The van der Waals surface area contributed by atoms with Gasteiger partial charge < -0.3 is 14.4 Å². The maximum atomic E-state index is 13.7. The Morgan fingerprint density at radius 3 is 2.29 bits per heavy atom. The van der Waals surface area contributed by atoms with Crippen molar-refractivity contribution in [3.05, 3.63) is 58.9 Å². The lowest BCUT2D eigenvalue weighted by atomic mass is 10.2. The Balaban J connectivity index is 1.52. The fourth-order valence-corrected chi connectivity index (χ4v) is 4.58. The first-order valence-electron chi connectivity index (χ1n) is 9.26. The first-order chi connectivity index (χ1) is 14.7. The standard InChI is InChI=1S/C20H20ClFN2O6S/c1-29-18-7-2-14(12-17(18)22)20(26)30-13-19(25)23-8-10-24(11-9-23)31(27,28)16-5-3-15(21)4-6-16/h2-7,12H,8-11,13H2,1H3. The van der Waals surface area contributed by atoms with E-state index < -0.39 is 34.3 Å². The summed E-state index contributed by atoms with van der Waals surface area (Å²) in [7, 11) is -2.39. The molecular weight excluding hydrogens is 451 g/mol. The molecule has 1 fully saturated rings. The van der Waals surface area contributed by atoms with Crippen LogP contribution >= 0.6 is 11.6 Å². The highest BCUT2D eigenvalue weighted by atomic mass is 35.5. The summed E-state index contributed by atoms with van der Waals surface area (Å²) < 4.78 is 50.1. The molecule has 1 amide bonds. The first-order valence-corrected chi connectivity index (χ1v) is 11.1. The van der Waals surface area contributed by atoms with Gasteiger partial charge in [0.2, 0.25) is 10.0 Å². The Hall–Kier alpha value is -2.69. The molecule has 0 aromatic heterocycles. The average Bonchev–Trinajstić information content (AvgIpc) is 2.77. The largest absolute Gasteiger partial charge is 0.494 e. The molecular formula is C20H20ClFN2O6S. The summed E-state index contributed by atoms with van der Waals surface area (Å²) in [5.41, 5.74) is -0.0509. The van der Waals surface area contributed by atoms with E-state index in [0.717, 1.165) is 6.07 Å². The third-order valence-corrected chi connectivity index (χ3v) is 6.92. The highest BCUT2D eigenvalue weighted by molar-refractivity contribution is 7.89. The van der Waals surface area contributed by atoms with E-state index in [2.05, 4.69) is 0 Å². The Labute approximate surface area is 184 Å². The molecule has 11 heteroatoms. The zero-order chi connectivity index (χ0) is 22.6. The molecule has 1 aliphatic heterocycles. The summed E-state index contributed by atoms with van der Waals surface area (Å²) in [6, 6.07) is 9.43. The van der Waals surface area contributed by atoms with Gasteiger partial charge in [-0.15, -0.1) is 0 Å². The number of esters is 1. The lowest BCUT2D eigenvalue weighted by Crippen LogP contribution is -2.51. The molecule has 0 saturated carbocycles. The van der Waals surface area contributed by atoms with Gasteiger partial charge in [-0.05, 0) is 42.5 Å². The molecule has 1 heterocycles. The van der Waals surface area contributed by atoms with Crippen LogP contribution in [0.3, 0.4) is 0 Å². The predicted molar refractivity (Wildman–Crippen MR) is 110 cm³/mol. The minimum absolute atomic E-state index is 0.0148. The average molecular weight is 471 g/mol. The number of methoxy groups -OCH3 is 1. The number of rotatable bonds is 6. The predicted octanol–water partition coefficient (Wildman–Crippen LogP) is 2.18. The van der Waals surface area contributed by atoms with Gasteiger partial charge in [0, 0.05) is 31.2 Å². The van der Waals surface area contributed by atoms with Crippen LogP contribution in [0, 0.1) is 5.82 Å². The molecule has 3 rings (SSSR count). The number of carbonyl (C=O) groups excluding carboxylic acids is 2. The Morgan fingerprint density at radius 2 is 1.71 bits per heavy atom. The summed E-state index contributed by atoms with van der Waals surface area (Å²) in [6.07, 6.45) is 0. The van der Waals surface area contributed by atoms with Crippen molar-refractivity contribution >= 4 is 33.5 Å². The van der Waals surface area contributed by atoms with Crippen molar-refractivity contribution in [3.8, 4) is 5.75 Å². The van der Waals surface area contributed by atoms with E-state index in [1.807, 2.05) is 0 Å². The van der Waals surface area contributed by atoms with Crippen molar-refractivity contribution in [1.29, 1.82) is 0 Å². The summed E-state index contributed by atoms with van der Waals surface area (Å²) in [5.74, 6) is -2.05. The molecule has 0 spiro atoms. The molecule has 1 aliphatic rings. The van der Waals surface area contributed by atoms with E-state index in [4.69, 9.17) is 21.1 Å². The van der Waals surface area contributed by atoms with Crippen molar-refractivity contribution < 1.29 is 31.9 Å². The molecule has 0 N–H and O–H groups in total. The summed E-state index contributed by atoms with van der Waals surface area (Å²) in [4.78, 5) is 25.9.